The fourth-order valence-corrected chi connectivity index (χ4v) is 4.96. The highest BCUT2D eigenvalue weighted by atomic mass is 16.2. The Morgan fingerprint density at radius 2 is 2.19 bits per heavy atom. The van der Waals surface area contributed by atoms with Crippen molar-refractivity contribution in [3.05, 3.63) is 29.2 Å². The highest BCUT2D eigenvalue weighted by Gasteiger charge is 2.46. The Kier molecular flexibility index (Phi) is 3.36. The molecule has 26 heavy (non-hydrogen) atoms. The van der Waals surface area contributed by atoms with Crippen molar-refractivity contribution in [2.75, 3.05) is 6.54 Å². The van der Waals surface area contributed by atoms with Gasteiger partial charge in [-0.25, -0.2) is 9.50 Å². The zero-order valence-electron chi connectivity index (χ0n) is 15.2. The van der Waals surface area contributed by atoms with E-state index in [1.54, 1.807) is 4.90 Å². The van der Waals surface area contributed by atoms with Gasteiger partial charge in [0.05, 0.1) is 17.4 Å². The Hall–Kier alpha value is -2.44. The molecule has 0 aromatic carbocycles. The number of rotatable bonds is 2. The Morgan fingerprint density at radius 1 is 1.35 bits per heavy atom. The van der Waals surface area contributed by atoms with Crippen LogP contribution in [0.2, 0.25) is 0 Å². The summed E-state index contributed by atoms with van der Waals surface area (Å²) in [6, 6.07) is 1.85. The Morgan fingerprint density at radius 3 is 2.96 bits per heavy atom. The first-order valence-electron chi connectivity index (χ1n) is 9.50. The van der Waals surface area contributed by atoms with Crippen LogP contribution in [0.25, 0.3) is 5.65 Å². The van der Waals surface area contributed by atoms with Crippen molar-refractivity contribution in [2.24, 2.45) is 0 Å². The average Bonchev–Trinajstić information content (AvgIpc) is 3.30. The van der Waals surface area contributed by atoms with Crippen molar-refractivity contribution >= 4 is 17.5 Å². The van der Waals surface area contributed by atoms with Crippen LogP contribution in [0.5, 0.6) is 0 Å². The van der Waals surface area contributed by atoms with Crippen LogP contribution in [-0.4, -0.2) is 54.8 Å². The lowest BCUT2D eigenvalue weighted by Gasteiger charge is -2.39. The van der Waals surface area contributed by atoms with Crippen LogP contribution in [0.15, 0.2) is 12.3 Å². The zero-order valence-corrected chi connectivity index (χ0v) is 15.2. The molecule has 3 aliphatic heterocycles. The Balaban J connectivity index is 1.50. The number of likely N-dealkylation sites (tertiary alicyclic amines) is 1. The van der Waals surface area contributed by atoms with Gasteiger partial charge in [-0.15, -0.1) is 0 Å². The van der Waals surface area contributed by atoms with Gasteiger partial charge < -0.3 is 9.80 Å². The van der Waals surface area contributed by atoms with Crippen LogP contribution < -0.4 is 0 Å². The fraction of sp³-hybridized carbons (Fsp3) is 0.579. The van der Waals surface area contributed by atoms with E-state index in [1.165, 1.54) is 5.69 Å². The summed E-state index contributed by atoms with van der Waals surface area (Å²) in [7, 11) is 0. The molecule has 2 fully saturated rings. The van der Waals surface area contributed by atoms with Crippen LogP contribution >= 0.6 is 0 Å². The third kappa shape index (κ3) is 2.12. The molecule has 5 heterocycles. The first-order valence-corrected chi connectivity index (χ1v) is 9.50. The second-order valence-electron chi connectivity index (χ2n) is 7.78. The van der Waals surface area contributed by atoms with Crippen molar-refractivity contribution < 1.29 is 9.59 Å². The molecular weight excluding hydrogens is 330 g/mol. The number of hydrogen-bond donors (Lipinski definition) is 0. The smallest absolute Gasteiger partial charge is 0.245 e. The summed E-state index contributed by atoms with van der Waals surface area (Å²) in [5, 5.41) is 4.60. The molecule has 3 aliphatic rings. The Labute approximate surface area is 152 Å². The number of carbonyl (C=O) groups excluding carboxylic acids is 2. The van der Waals surface area contributed by atoms with E-state index in [9.17, 15) is 9.59 Å². The van der Waals surface area contributed by atoms with E-state index in [4.69, 9.17) is 0 Å². The first-order chi connectivity index (χ1) is 12.5. The normalized spacial score (nSPS) is 25.8. The number of nitrogens with zero attached hydrogens (tertiary/aromatic N) is 5. The lowest BCUT2D eigenvalue weighted by Crippen LogP contribution is -2.51. The zero-order chi connectivity index (χ0) is 18.0. The van der Waals surface area contributed by atoms with Gasteiger partial charge in [0, 0.05) is 43.3 Å². The molecule has 2 bridgehead atoms. The standard InChI is InChI=1S/C19H23N5O2/c1-11-8-17-20-10-14-15-6-5-13(9-16(14)24(17)21-11)23(15)19(26)12(2)22-7-3-4-18(22)25/h8,10,12-13,15H,3-7,9H2,1-2H3/t12-,13-,15-/m1/s1. The number of aryl methyl sites for hydroxylation is 1. The number of aromatic nitrogens is 3. The molecule has 5 rings (SSSR count). The molecule has 0 aliphatic carbocycles. The van der Waals surface area contributed by atoms with Crippen molar-refractivity contribution in [1.29, 1.82) is 0 Å². The van der Waals surface area contributed by atoms with Crippen molar-refractivity contribution in [3.63, 3.8) is 0 Å². The summed E-state index contributed by atoms with van der Waals surface area (Å²) in [6.45, 7) is 4.54. The minimum atomic E-state index is -0.377. The van der Waals surface area contributed by atoms with Gasteiger partial charge in [-0.3, -0.25) is 9.59 Å². The van der Waals surface area contributed by atoms with Crippen LogP contribution in [0.3, 0.4) is 0 Å². The van der Waals surface area contributed by atoms with Crippen LogP contribution in [0.1, 0.15) is 55.6 Å². The van der Waals surface area contributed by atoms with E-state index in [-0.39, 0.29) is 29.9 Å². The second-order valence-corrected chi connectivity index (χ2v) is 7.78. The summed E-state index contributed by atoms with van der Waals surface area (Å²) in [5.74, 6) is 0.182. The maximum absolute atomic E-state index is 13.3. The van der Waals surface area contributed by atoms with Crippen molar-refractivity contribution in [1.82, 2.24) is 24.4 Å². The van der Waals surface area contributed by atoms with Gasteiger partial charge in [-0.2, -0.15) is 5.10 Å². The van der Waals surface area contributed by atoms with Crippen LogP contribution in [0.4, 0.5) is 0 Å². The highest BCUT2D eigenvalue weighted by Crippen LogP contribution is 2.44. The largest absolute Gasteiger partial charge is 0.331 e. The minimum absolute atomic E-state index is 0.0535. The molecule has 2 amide bonds. The fourth-order valence-electron chi connectivity index (χ4n) is 4.96. The molecule has 0 radical (unpaired) electrons. The number of carbonyl (C=O) groups is 2. The van der Waals surface area contributed by atoms with Crippen LogP contribution in [0, 0.1) is 6.92 Å². The van der Waals surface area contributed by atoms with E-state index >= 15 is 0 Å². The molecular formula is C19H23N5O2. The molecule has 2 saturated heterocycles. The third-order valence-electron chi connectivity index (χ3n) is 6.22. The lowest BCUT2D eigenvalue weighted by molar-refractivity contribution is -0.145. The molecule has 136 valence electrons. The molecule has 7 nitrogen and oxygen atoms in total. The summed E-state index contributed by atoms with van der Waals surface area (Å²) in [6.07, 6.45) is 6.09. The number of fused-ring (bicyclic) bond motifs is 6. The van der Waals surface area contributed by atoms with Gasteiger partial charge in [0.1, 0.15) is 6.04 Å². The topological polar surface area (TPSA) is 70.8 Å². The quantitative estimate of drug-likeness (QED) is 0.823. The predicted octanol–water partition coefficient (Wildman–Crippen LogP) is 1.64. The maximum Gasteiger partial charge on any atom is 0.245 e. The van der Waals surface area contributed by atoms with E-state index in [0.717, 1.165) is 42.6 Å². The van der Waals surface area contributed by atoms with Gasteiger partial charge in [-0.05, 0) is 33.1 Å². The molecule has 7 heteroatoms. The summed E-state index contributed by atoms with van der Waals surface area (Å²) in [4.78, 5) is 33.7. The minimum Gasteiger partial charge on any atom is -0.331 e. The molecule has 2 aromatic rings. The predicted molar refractivity (Wildman–Crippen MR) is 94.4 cm³/mol. The molecule has 2 aromatic heterocycles. The number of amides is 2. The van der Waals surface area contributed by atoms with E-state index in [1.807, 2.05) is 35.5 Å². The average molecular weight is 353 g/mol. The van der Waals surface area contributed by atoms with E-state index in [0.29, 0.717) is 13.0 Å². The van der Waals surface area contributed by atoms with E-state index < -0.39 is 0 Å². The van der Waals surface area contributed by atoms with Crippen molar-refractivity contribution in [2.45, 2.75) is 64.1 Å². The third-order valence-corrected chi connectivity index (χ3v) is 6.22. The lowest BCUT2D eigenvalue weighted by atomic mass is 9.98. The molecule has 0 saturated carbocycles. The first kappa shape index (κ1) is 15.8. The summed E-state index contributed by atoms with van der Waals surface area (Å²) < 4.78 is 1.95. The Bertz CT molecular complexity index is 920. The van der Waals surface area contributed by atoms with Gasteiger partial charge in [0.15, 0.2) is 5.65 Å². The summed E-state index contributed by atoms with van der Waals surface area (Å²) in [5.41, 5.74) is 4.13. The molecule has 0 unspecified atom stereocenters. The van der Waals surface area contributed by atoms with Crippen LogP contribution in [-0.2, 0) is 16.0 Å². The monoisotopic (exact) mass is 353 g/mol. The molecule has 0 N–H and O–H groups in total. The SMILES string of the molecule is Cc1cc2ncc3c(n2n1)C[C@H]1CC[C@H]3N1C(=O)[C@@H](C)N1CCCC1=O. The van der Waals surface area contributed by atoms with Gasteiger partial charge >= 0.3 is 0 Å². The van der Waals surface area contributed by atoms with E-state index in [2.05, 4.69) is 10.1 Å². The number of hydrogen-bond acceptors (Lipinski definition) is 4. The molecule has 0 spiro atoms. The van der Waals surface area contributed by atoms with Gasteiger partial charge in [0.2, 0.25) is 11.8 Å². The van der Waals surface area contributed by atoms with Crippen molar-refractivity contribution in [3.8, 4) is 0 Å². The molecule has 3 atom stereocenters. The highest BCUT2D eigenvalue weighted by molar-refractivity contribution is 5.89. The maximum atomic E-state index is 13.3. The van der Waals surface area contributed by atoms with Gasteiger partial charge in [-0.1, -0.05) is 0 Å². The van der Waals surface area contributed by atoms with Gasteiger partial charge in [0.25, 0.3) is 0 Å². The second kappa shape index (κ2) is 5.53. The summed E-state index contributed by atoms with van der Waals surface area (Å²) >= 11 is 0.